The second-order valence-corrected chi connectivity index (χ2v) is 5.44. The summed E-state index contributed by atoms with van der Waals surface area (Å²) in [5.41, 5.74) is 1.09. The maximum atomic E-state index is 12.7. The average molecular weight is 269 g/mol. The van der Waals surface area contributed by atoms with Crippen LogP contribution >= 0.6 is 0 Å². The summed E-state index contributed by atoms with van der Waals surface area (Å²) in [5.74, 6) is -0.592. The number of nitrogens with zero attached hydrogens (tertiary/aromatic N) is 2. The maximum Gasteiger partial charge on any atom is 0.325 e. The number of fused-ring (bicyclic) bond motifs is 2. The average Bonchev–Trinajstić information content (AvgIpc) is 2.94. The van der Waals surface area contributed by atoms with Gasteiger partial charge in [-0.15, -0.1) is 0 Å². The van der Waals surface area contributed by atoms with Crippen molar-refractivity contribution >= 4 is 11.9 Å². The summed E-state index contributed by atoms with van der Waals surface area (Å²) in [4.78, 5) is 26.0. The van der Waals surface area contributed by atoms with Crippen molar-refractivity contribution in [3.05, 3.63) is 35.4 Å². The van der Waals surface area contributed by atoms with Gasteiger partial charge in [0, 0.05) is 6.54 Å². The standard InChI is InChI=1S/C15H15N3O2/c1-10(8-16)9-18-13(19)15(17-14(18)20)7-6-11-4-2-3-5-12(11)15/h2-5,10H,6-7,9H2,1H3,(H,17,20)/t10-,15-/m0/s1. The molecule has 3 rings (SSSR count). The highest BCUT2D eigenvalue weighted by atomic mass is 16.2. The highest BCUT2D eigenvalue weighted by molar-refractivity contribution is 6.08. The van der Waals surface area contributed by atoms with Crippen molar-refractivity contribution in [1.29, 1.82) is 5.26 Å². The van der Waals surface area contributed by atoms with Gasteiger partial charge in [0.05, 0.1) is 12.0 Å². The van der Waals surface area contributed by atoms with E-state index in [-0.39, 0.29) is 18.4 Å². The zero-order valence-electron chi connectivity index (χ0n) is 11.2. The van der Waals surface area contributed by atoms with Crippen molar-refractivity contribution in [1.82, 2.24) is 10.2 Å². The first kappa shape index (κ1) is 12.7. The Labute approximate surface area is 117 Å². The number of hydrogen-bond acceptors (Lipinski definition) is 3. The van der Waals surface area contributed by atoms with E-state index in [0.717, 1.165) is 17.5 Å². The molecule has 102 valence electrons. The number of imide groups is 1. The lowest BCUT2D eigenvalue weighted by molar-refractivity contribution is -0.131. The van der Waals surface area contributed by atoms with Gasteiger partial charge in [0.1, 0.15) is 5.54 Å². The molecule has 1 aliphatic carbocycles. The molecule has 0 saturated carbocycles. The van der Waals surface area contributed by atoms with Crippen molar-refractivity contribution in [3.63, 3.8) is 0 Å². The first-order chi connectivity index (χ1) is 9.58. The molecule has 20 heavy (non-hydrogen) atoms. The van der Waals surface area contributed by atoms with E-state index in [0.29, 0.717) is 6.42 Å². The van der Waals surface area contributed by atoms with Crippen molar-refractivity contribution in [2.45, 2.75) is 25.3 Å². The van der Waals surface area contributed by atoms with Crippen LogP contribution in [-0.2, 0) is 16.8 Å². The molecule has 5 heteroatoms. The van der Waals surface area contributed by atoms with Crippen LogP contribution in [0.5, 0.6) is 0 Å². The van der Waals surface area contributed by atoms with Gasteiger partial charge in [0.25, 0.3) is 5.91 Å². The number of hydrogen-bond donors (Lipinski definition) is 1. The van der Waals surface area contributed by atoms with Crippen LogP contribution in [0.2, 0.25) is 0 Å². The quantitative estimate of drug-likeness (QED) is 0.828. The van der Waals surface area contributed by atoms with Gasteiger partial charge >= 0.3 is 6.03 Å². The van der Waals surface area contributed by atoms with Gasteiger partial charge in [-0.2, -0.15) is 5.26 Å². The number of amides is 3. The number of urea groups is 1. The Balaban J connectivity index is 1.97. The van der Waals surface area contributed by atoms with E-state index in [1.807, 2.05) is 24.3 Å². The van der Waals surface area contributed by atoms with E-state index in [2.05, 4.69) is 11.4 Å². The second-order valence-electron chi connectivity index (χ2n) is 5.44. The molecule has 2 aliphatic rings. The minimum absolute atomic E-state index is 0.144. The van der Waals surface area contributed by atoms with Crippen LogP contribution in [0.3, 0.4) is 0 Å². The third-order valence-electron chi connectivity index (χ3n) is 4.10. The number of nitrogens with one attached hydrogen (secondary N) is 1. The second kappa shape index (κ2) is 4.34. The van der Waals surface area contributed by atoms with Crippen LogP contribution < -0.4 is 5.32 Å². The Morgan fingerprint density at radius 2 is 2.20 bits per heavy atom. The lowest BCUT2D eigenvalue weighted by Crippen LogP contribution is -2.42. The molecule has 1 aromatic carbocycles. The van der Waals surface area contributed by atoms with Crippen LogP contribution in [0.4, 0.5) is 4.79 Å². The first-order valence-corrected chi connectivity index (χ1v) is 6.70. The summed E-state index contributed by atoms with van der Waals surface area (Å²) in [6, 6.07) is 9.37. The number of rotatable bonds is 2. The van der Waals surface area contributed by atoms with Gasteiger partial charge < -0.3 is 5.32 Å². The summed E-state index contributed by atoms with van der Waals surface area (Å²) < 4.78 is 0. The van der Waals surface area contributed by atoms with Crippen LogP contribution in [0.1, 0.15) is 24.5 Å². The maximum absolute atomic E-state index is 12.7. The van der Waals surface area contributed by atoms with E-state index >= 15 is 0 Å². The number of nitriles is 1. The number of aryl methyl sites for hydroxylation is 1. The van der Waals surface area contributed by atoms with Gasteiger partial charge in [-0.05, 0) is 30.9 Å². The van der Waals surface area contributed by atoms with E-state index in [1.165, 1.54) is 4.90 Å². The Hall–Kier alpha value is -2.35. The SMILES string of the molecule is C[C@@H](C#N)CN1C(=O)N[C@]2(CCc3ccccc32)C1=O. The minimum atomic E-state index is -0.914. The molecule has 1 aromatic rings. The summed E-state index contributed by atoms with van der Waals surface area (Å²) in [5, 5.41) is 11.7. The minimum Gasteiger partial charge on any atom is -0.319 e. The molecule has 0 radical (unpaired) electrons. The molecule has 1 aliphatic heterocycles. The lowest BCUT2D eigenvalue weighted by Gasteiger charge is -2.22. The molecule has 0 unspecified atom stereocenters. The van der Waals surface area contributed by atoms with Crippen molar-refractivity contribution < 1.29 is 9.59 Å². The zero-order valence-corrected chi connectivity index (χ0v) is 11.2. The Morgan fingerprint density at radius 1 is 1.45 bits per heavy atom. The van der Waals surface area contributed by atoms with Crippen LogP contribution in [-0.4, -0.2) is 23.4 Å². The van der Waals surface area contributed by atoms with Crippen LogP contribution in [0.25, 0.3) is 0 Å². The predicted octanol–water partition coefficient (Wildman–Crippen LogP) is 1.54. The van der Waals surface area contributed by atoms with Gasteiger partial charge in [-0.1, -0.05) is 24.3 Å². The Bertz CT molecular complexity index is 634. The monoisotopic (exact) mass is 269 g/mol. The molecule has 1 saturated heterocycles. The van der Waals surface area contributed by atoms with Crippen molar-refractivity contribution in [2.75, 3.05) is 6.54 Å². The number of benzene rings is 1. The normalized spacial score (nSPS) is 25.5. The molecule has 0 bridgehead atoms. The predicted molar refractivity (Wildman–Crippen MR) is 71.5 cm³/mol. The molecular formula is C15H15N3O2. The van der Waals surface area contributed by atoms with Crippen LogP contribution in [0, 0.1) is 17.2 Å². The molecule has 5 nitrogen and oxygen atoms in total. The smallest absolute Gasteiger partial charge is 0.319 e. The number of carbonyl (C=O) groups is 2. The van der Waals surface area contributed by atoms with Gasteiger partial charge in [-0.3, -0.25) is 9.69 Å². The van der Waals surface area contributed by atoms with Gasteiger partial charge in [0.2, 0.25) is 0 Å². The largest absolute Gasteiger partial charge is 0.325 e. The van der Waals surface area contributed by atoms with Crippen molar-refractivity contribution in [3.8, 4) is 6.07 Å². The summed E-state index contributed by atoms with van der Waals surface area (Å²) in [6.45, 7) is 1.85. The lowest BCUT2D eigenvalue weighted by atomic mass is 9.92. The van der Waals surface area contributed by atoms with E-state index in [1.54, 1.807) is 6.92 Å². The first-order valence-electron chi connectivity index (χ1n) is 6.70. The summed E-state index contributed by atoms with van der Waals surface area (Å²) in [7, 11) is 0. The highest BCUT2D eigenvalue weighted by Gasteiger charge is 2.55. The van der Waals surface area contributed by atoms with Gasteiger partial charge in [0.15, 0.2) is 0 Å². The fraction of sp³-hybridized carbons (Fsp3) is 0.400. The van der Waals surface area contributed by atoms with E-state index in [9.17, 15) is 9.59 Å². The summed E-state index contributed by atoms with van der Waals surface area (Å²) >= 11 is 0. The molecule has 1 heterocycles. The van der Waals surface area contributed by atoms with E-state index < -0.39 is 11.6 Å². The van der Waals surface area contributed by atoms with Crippen molar-refractivity contribution in [2.24, 2.45) is 5.92 Å². The topological polar surface area (TPSA) is 73.2 Å². The van der Waals surface area contributed by atoms with Gasteiger partial charge in [-0.25, -0.2) is 4.79 Å². The third kappa shape index (κ3) is 1.61. The molecule has 1 N–H and O–H groups in total. The van der Waals surface area contributed by atoms with Crippen LogP contribution in [0.15, 0.2) is 24.3 Å². The fourth-order valence-corrected chi connectivity index (χ4v) is 3.07. The highest BCUT2D eigenvalue weighted by Crippen LogP contribution is 2.41. The Kier molecular flexibility index (Phi) is 2.75. The molecule has 1 fully saturated rings. The zero-order chi connectivity index (χ0) is 14.3. The fourth-order valence-electron chi connectivity index (χ4n) is 3.07. The molecule has 0 aromatic heterocycles. The summed E-state index contributed by atoms with van der Waals surface area (Å²) in [6.07, 6.45) is 1.37. The molecule has 2 atom stereocenters. The number of carbonyl (C=O) groups excluding carboxylic acids is 2. The third-order valence-corrected chi connectivity index (χ3v) is 4.10. The molecule has 1 spiro atoms. The molecular weight excluding hydrogens is 254 g/mol. The Morgan fingerprint density at radius 3 is 2.95 bits per heavy atom. The van der Waals surface area contributed by atoms with E-state index in [4.69, 9.17) is 5.26 Å². The molecule has 3 amide bonds.